The van der Waals surface area contributed by atoms with E-state index < -0.39 is 5.24 Å². The molecule has 0 amide bonds. The van der Waals surface area contributed by atoms with Gasteiger partial charge >= 0.3 is 5.97 Å². The third-order valence-electron chi connectivity index (χ3n) is 3.20. The molecule has 0 aromatic heterocycles. The summed E-state index contributed by atoms with van der Waals surface area (Å²) in [6.45, 7) is 2.19. The molecule has 0 aliphatic heterocycles. The molecule has 2 aromatic carbocycles. The first-order valence-electron chi connectivity index (χ1n) is 7.25. The Labute approximate surface area is 145 Å². The zero-order valence-electron chi connectivity index (χ0n) is 12.8. The molecule has 0 heterocycles. The number of rotatable bonds is 7. The molecule has 3 nitrogen and oxygen atoms in total. The van der Waals surface area contributed by atoms with Gasteiger partial charge in [-0.2, -0.15) is 0 Å². The van der Waals surface area contributed by atoms with Crippen molar-refractivity contribution in [2.75, 3.05) is 6.61 Å². The maximum atomic E-state index is 11.4. The van der Waals surface area contributed by atoms with Gasteiger partial charge in [0.2, 0.25) is 0 Å². The molecule has 0 bridgehead atoms. The number of esters is 1. The second kappa shape index (κ2) is 8.75. The Morgan fingerprint density at radius 2 is 1.78 bits per heavy atom. The van der Waals surface area contributed by atoms with Crippen LogP contribution in [0.25, 0.3) is 0 Å². The van der Waals surface area contributed by atoms with Crippen molar-refractivity contribution in [2.24, 2.45) is 0 Å². The number of thioether (sulfide) groups is 1. The molecule has 5 heteroatoms. The lowest BCUT2D eigenvalue weighted by molar-refractivity contribution is -0.142. The van der Waals surface area contributed by atoms with E-state index in [0.29, 0.717) is 17.9 Å². The van der Waals surface area contributed by atoms with E-state index in [-0.39, 0.29) is 12.4 Å². The maximum absolute atomic E-state index is 11.4. The van der Waals surface area contributed by atoms with Gasteiger partial charge in [-0.15, -0.1) is 11.8 Å². The van der Waals surface area contributed by atoms with Crippen LogP contribution in [-0.2, 0) is 21.7 Å². The van der Waals surface area contributed by atoms with Crippen LogP contribution in [0.4, 0.5) is 0 Å². The van der Waals surface area contributed by atoms with Crippen molar-refractivity contribution in [1.82, 2.24) is 0 Å². The molecule has 0 N–H and O–H groups in total. The quantitative estimate of drug-likeness (QED) is 0.421. The lowest BCUT2D eigenvalue weighted by Gasteiger charge is -2.07. The Hall–Kier alpha value is -1.78. The van der Waals surface area contributed by atoms with Crippen LogP contribution >= 0.6 is 23.4 Å². The smallest absolute Gasteiger partial charge is 0.310 e. The van der Waals surface area contributed by atoms with Crippen LogP contribution in [0.1, 0.15) is 28.4 Å². The first kappa shape index (κ1) is 17.6. The fraction of sp³-hybridized carbons (Fsp3) is 0.222. The van der Waals surface area contributed by atoms with Gasteiger partial charge in [-0.05, 0) is 47.9 Å². The van der Waals surface area contributed by atoms with Crippen molar-refractivity contribution in [3.05, 3.63) is 65.2 Å². The summed E-state index contributed by atoms with van der Waals surface area (Å²) in [6.07, 6.45) is 0.280. The van der Waals surface area contributed by atoms with Crippen molar-refractivity contribution < 1.29 is 14.3 Å². The molecule has 0 atom stereocenters. The van der Waals surface area contributed by atoms with Crippen molar-refractivity contribution in [1.29, 1.82) is 0 Å². The molecule has 0 unspecified atom stereocenters. The Morgan fingerprint density at radius 1 is 1.09 bits per heavy atom. The summed E-state index contributed by atoms with van der Waals surface area (Å²) in [5.74, 6) is 0.439. The summed E-state index contributed by atoms with van der Waals surface area (Å²) in [5.41, 5.74) is 2.37. The van der Waals surface area contributed by atoms with Gasteiger partial charge in [-0.1, -0.05) is 30.3 Å². The van der Waals surface area contributed by atoms with Crippen molar-refractivity contribution >= 4 is 34.6 Å². The van der Waals surface area contributed by atoms with E-state index in [9.17, 15) is 9.59 Å². The Morgan fingerprint density at radius 3 is 2.43 bits per heavy atom. The summed E-state index contributed by atoms with van der Waals surface area (Å²) in [5, 5.41) is -0.439. The minimum absolute atomic E-state index is 0.220. The fourth-order valence-corrected chi connectivity index (χ4v) is 3.17. The molecular formula is C18H17ClO3S. The summed E-state index contributed by atoms with van der Waals surface area (Å²) in [6, 6.07) is 15.1. The summed E-state index contributed by atoms with van der Waals surface area (Å²) >= 11 is 7.21. The van der Waals surface area contributed by atoms with E-state index >= 15 is 0 Å². The molecule has 2 rings (SSSR count). The molecule has 0 aliphatic carbocycles. The number of carbonyl (C=O) groups excluding carboxylic acids is 2. The van der Waals surface area contributed by atoms with E-state index in [1.54, 1.807) is 30.8 Å². The van der Waals surface area contributed by atoms with Crippen LogP contribution in [0.2, 0.25) is 0 Å². The van der Waals surface area contributed by atoms with Gasteiger partial charge in [0, 0.05) is 16.2 Å². The Kier molecular flexibility index (Phi) is 6.68. The molecule has 0 radical (unpaired) electrons. The largest absolute Gasteiger partial charge is 0.466 e. The van der Waals surface area contributed by atoms with E-state index in [0.717, 1.165) is 16.0 Å². The molecule has 0 saturated carbocycles. The van der Waals surface area contributed by atoms with Gasteiger partial charge < -0.3 is 4.74 Å². The van der Waals surface area contributed by atoms with Crippen molar-refractivity contribution in [3.63, 3.8) is 0 Å². The molecular weight excluding hydrogens is 332 g/mol. The van der Waals surface area contributed by atoms with Crippen molar-refractivity contribution in [2.45, 2.75) is 24.0 Å². The standard InChI is InChI=1S/C18H17ClO3S/c1-2-22-17(20)11-13-7-9-15(10-8-13)23-12-14-5-3-4-6-16(14)18(19)21/h3-10H,2,11-12H2,1H3. The normalized spacial score (nSPS) is 10.3. The molecule has 0 saturated heterocycles. The van der Waals surface area contributed by atoms with Gasteiger partial charge in [-0.25, -0.2) is 0 Å². The predicted octanol–water partition coefficient (Wildman–Crippen LogP) is 4.46. The molecule has 2 aromatic rings. The molecule has 0 aliphatic rings. The van der Waals surface area contributed by atoms with Crippen LogP contribution in [0.15, 0.2) is 53.4 Å². The molecule has 0 fully saturated rings. The van der Waals surface area contributed by atoms with Crippen LogP contribution in [0.3, 0.4) is 0 Å². The average Bonchev–Trinajstić information content (AvgIpc) is 2.54. The topological polar surface area (TPSA) is 43.4 Å². The van der Waals surface area contributed by atoms with Crippen LogP contribution in [0.5, 0.6) is 0 Å². The number of halogens is 1. The summed E-state index contributed by atoms with van der Waals surface area (Å²) in [7, 11) is 0. The van der Waals surface area contributed by atoms with Gasteiger partial charge in [0.25, 0.3) is 5.24 Å². The highest BCUT2D eigenvalue weighted by Crippen LogP contribution is 2.25. The zero-order chi connectivity index (χ0) is 16.7. The number of hydrogen-bond donors (Lipinski definition) is 0. The molecule has 0 spiro atoms. The zero-order valence-corrected chi connectivity index (χ0v) is 14.3. The van der Waals surface area contributed by atoms with Crippen LogP contribution in [-0.4, -0.2) is 17.8 Å². The number of ether oxygens (including phenoxy) is 1. The van der Waals surface area contributed by atoms with E-state index in [2.05, 4.69) is 0 Å². The first-order chi connectivity index (χ1) is 11.1. The van der Waals surface area contributed by atoms with Crippen molar-refractivity contribution in [3.8, 4) is 0 Å². The highest BCUT2D eigenvalue weighted by Gasteiger charge is 2.09. The minimum atomic E-state index is -0.439. The number of carbonyl (C=O) groups is 2. The predicted molar refractivity (Wildman–Crippen MR) is 93.0 cm³/mol. The SMILES string of the molecule is CCOC(=O)Cc1ccc(SCc2ccccc2C(=O)Cl)cc1. The van der Waals surface area contributed by atoms with E-state index in [1.165, 1.54) is 0 Å². The second-order valence-electron chi connectivity index (χ2n) is 4.85. The van der Waals surface area contributed by atoms with Gasteiger partial charge in [-0.3, -0.25) is 9.59 Å². The molecule has 23 heavy (non-hydrogen) atoms. The van der Waals surface area contributed by atoms with Gasteiger partial charge in [0.1, 0.15) is 0 Å². The second-order valence-corrected chi connectivity index (χ2v) is 6.24. The average molecular weight is 349 g/mol. The summed E-state index contributed by atoms with van der Waals surface area (Å²) < 4.78 is 4.93. The lowest BCUT2D eigenvalue weighted by atomic mass is 10.1. The third kappa shape index (κ3) is 5.41. The first-order valence-corrected chi connectivity index (χ1v) is 8.61. The van der Waals surface area contributed by atoms with E-state index in [1.807, 2.05) is 36.4 Å². The van der Waals surface area contributed by atoms with Crippen LogP contribution in [0, 0.1) is 0 Å². The minimum Gasteiger partial charge on any atom is -0.466 e. The maximum Gasteiger partial charge on any atom is 0.310 e. The number of benzene rings is 2. The van der Waals surface area contributed by atoms with Crippen LogP contribution < -0.4 is 0 Å². The molecule has 120 valence electrons. The highest BCUT2D eigenvalue weighted by atomic mass is 35.5. The van der Waals surface area contributed by atoms with Gasteiger partial charge in [0.05, 0.1) is 13.0 Å². The highest BCUT2D eigenvalue weighted by molar-refractivity contribution is 7.98. The lowest BCUT2D eigenvalue weighted by Crippen LogP contribution is -2.07. The summed E-state index contributed by atoms with van der Waals surface area (Å²) in [4.78, 5) is 23.9. The van der Waals surface area contributed by atoms with E-state index in [4.69, 9.17) is 16.3 Å². The Balaban J connectivity index is 1.97. The Bertz CT molecular complexity index is 683. The van der Waals surface area contributed by atoms with Gasteiger partial charge in [0.15, 0.2) is 0 Å². The fourth-order valence-electron chi connectivity index (χ4n) is 2.08. The third-order valence-corrected chi connectivity index (χ3v) is 4.47. The number of hydrogen-bond acceptors (Lipinski definition) is 4. The monoisotopic (exact) mass is 348 g/mol.